The molecule has 1 aromatic heterocycles. The zero-order valence-electron chi connectivity index (χ0n) is 15.4. The Hall–Kier alpha value is -0.565. The van der Waals surface area contributed by atoms with Gasteiger partial charge in [-0.05, 0) is 24.8 Å². The number of rotatable bonds is 15. The zero-order chi connectivity index (χ0) is 18.3. The second kappa shape index (κ2) is 14.6. The van der Waals surface area contributed by atoms with Crippen LogP contribution in [-0.2, 0) is 0 Å². The minimum Gasteiger partial charge on any atom is -0.437 e. The van der Waals surface area contributed by atoms with E-state index in [1.807, 2.05) is 0 Å². The second-order valence-corrected chi connectivity index (χ2v) is 7.49. The van der Waals surface area contributed by atoms with Gasteiger partial charge >= 0.3 is 7.05 Å². The molecule has 0 radical (unpaired) electrons. The highest BCUT2D eigenvalue weighted by Crippen LogP contribution is 2.19. The fourth-order valence-corrected chi connectivity index (χ4v) is 3.37. The number of unbranched alkanes of at least 4 members (excludes halogenated alkanes) is 7. The van der Waals surface area contributed by atoms with Crippen LogP contribution >= 0.6 is 23.4 Å². The quantitative estimate of drug-likeness (QED) is 0.239. The van der Waals surface area contributed by atoms with Crippen LogP contribution in [0.2, 0.25) is 12.1 Å². The molecule has 0 saturated carbocycles. The highest BCUT2D eigenvalue weighted by Gasteiger charge is 2.06. The molecular weight excluding hydrogens is 357 g/mol. The normalized spacial score (nSPS) is 10.9. The van der Waals surface area contributed by atoms with Gasteiger partial charge in [-0.2, -0.15) is 15.0 Å². The van der Waals surface area contributed by atoms with Gasteiger partial charge in [-0.3, -0.25) is 0 Å². The largest absolute Gasteiger partial charge is 0.437 e. The lowest BCUT2D eigenvalue weighted by atomic mass is 9.89. The highest BCUT2D eigenvalue weighted by molar-refractivity contribution is 7.99. The van der Waals surface area contributed by atoms with E-state index in [1.165, 1.54) is 51.4 Å². The summed E-state index contributed by atoms with van der Waals surface area (Å²) in [5, 5.41) is 16.0. The number of thioether (sulfide) groups is 1. The summed E-state index contributed by atoms with van der Waals surface area (Å²) < 4.78 is 0. The van der Waals surface area contributed by atoms with E-state index >= 15 is 0 Å². The molecule has 9 heteroatoms. The smallest absolute Gasteiger partial charge is 0.373 e. The first kappa shape index (κ1) is 22.5. The summed E-state index contributed by atoms with van der Waals surface area (Å²) in [5.74, 6) is 1.48. The first-order valence-corrected chi connectivity index (χ1v) is 10.7. The van der Waals surface area contributed by atoms with Crippen molar-refractivity contribution in [2.45, 2.75) is 70.3 Å². The van der Waals surface area contributed by atoms with E-state index < -0.39 is 7.05 Å². The molecule has 3 N–H and O–H groups in total. The molecule has 0 aliphatic carbocycles. The predicted octanol–water partition coefficient (Wildman–Crippen LogP) is 3.87. The van der Waals surface area contributed by atoms with Crippen LogP contribution in [-0.4, -0.2) is 45.9 Å². The van der Waals surface area contributed by atoms with Gasteiger partial charge in [0.1, 0.15) is 0 Å². The molecule has 142 valence electrons. The molecule has 1 heterocycles. The maximum absolute atomic E-state index is 9.15. The van der Waals surface area contributed by atoms with Crippen LogP contribution < -0.4 is 10.5 Å². The van der Waals surface area contributed by atoms with E-state index in [-0.39, 0.29) is 5.28 Å². The SMILES string of the molecule is CCCCCCCCCCSc1nc(Cl)nc(NCCNB(C)O)n1. The first-order valence-electron chi connectivity index (χ1n) is 9.31. The molecule has 25 heavy (non-hydrogen) atoms. The number of aromatic nitrogens is 3. The molecule has 0 unspecified atom stereocenters. The van der Waals surface area contributed by atoms with E-state index in [0.29, 0.717) is 24.2 Å². The van der Waals surface area contributed by atoms with Gasteiger partial charge in [0.25, 0.3) is 0 Å². The maximum Gasteiger partial charge on any atom is 0.373 e. The summed E-state index contributed by atoms with van der Waals surface area (Å²) in [6.45, 7) is 5.15. The van der Waals surface area contributed by atoms with Crippen LogP contribution in [0.5, 0.6) is 0 Å². The van der Waals surface area contributed by atoms with E-state index in [1.54, 1.807) is 18.6 Å². The molecule has 6 nitrogen and oxygen atoms in total. The maximum atomic E-state index is 9.15. The topological polar surface area (TPSA) is 83.0 Å². The molecule has 0 aliphatic rings. The summed E-state index contributed by atoms with van der Waals surface area (Å²) in [4.78, 5) is 12.6. The van der Waals surface area contributed by atoms with Crippen LogP contribution in [0.4, 0.5) is 5.95 Å². The summed E-state index contributed by atoms with van der Waals surface area (Å²) in [6.07, 6.45) is 10.5. The lowest BCUT2D eigenvalue weighted by molar-refractivity contribution is 0.556. The van der Waals surface area contributed by atoms with Crippen LogP contribution in [0.3, 0.4) is 0 Å². The Morgan fingerprint density at radius 2 is 1.68 bits per heavy atom. The molecule has 0 aromatic carbocycles. The molecule has 0 amide bonds. The molecular formula is C16H31BClN5OS. The standard InChI is InChI=1S/C16H31BClN5OS/c1-3-4-5-6-7-8-9-10-13-25-16-22-14(18)21-15(23-16)19-11-12-20-17(2)24/h20,24H,3-13H2,1-2H3,(H,19,21,22,23). The van der Waals surface area contributed by atoms with Crippen molar-refractivity contribution >= 4 is 36.4 Å². The Morgan fingerprint density at radius 1 is 1.00 bits per heavy atom. The van der Waals surface area contributed by atoms with Crippen LogP contribution in [0.25, 0.3) is 0 Å². The minimum absolute atomic E-state index is 0.208. The fourth-order valence-electron chi connectivity index (χ4n) is 2.33. The monoisotopic (exact) mass is 387 g/mol. The van der Waals surface area contributed by atoms with Gasteiger partial charge in [0.15, 0.2) is 5.16 Å². The Kier molecular flexibility index (Phi) is 13.1. The first-order chi connectivity index (χ1) is 12.1. The van der Waals surface area contributed by atoms with Gasteiger partial charge in [0.05, 0.1) is 0 Å². The van der Waals surface area contributed by atoms with Crippen molar-refractivity contribution in [1.29, 1.82) is 0 Å². The van der Waals surface area contributed by atoms with Crippen molar-refractivity contribution in [2.75, 3.05) is 24.2 Å². The average molecular weight is 388 g/mol. The van der Waals surface area contributed by atoms with Crippen LogP contribution in [0.1, 0.15) is 58.3 Å². The van der Waals surface area contributed by atoms with Gasteiger partial charge in [-0.25, -0.2) is 0 Å². The average Bonchev–Trinajstić information content (AvgIpc) is 2.57. The number of anilines is 1. The lowest BCUT2D eigenvalue weighted by Crippen LogP contribution is -2.34. The van der Waals surface area contributed by atoms with Crippen molar-refractivity contribution in [2.24, 2.45) is 0 Å². The summed E-state index contributed by atoms with van der Waals surface area (Å²) in [5.41, 5.74) is 0. The third kappa shape index (κ3) is 12.4. The third-order valence-corrected chi connectivity index (χ3v) is 4.77. The van der Waals surface area contributed by atoms with Crippen molar-refractivity contribution in [1.82, 2.24) is 20.2 Å². The van der Waals surface area contributed by atoms with Crippen molar-refractivity contribution in [3.63, 3.8) is 0 Å². The molecule has 1 rings (SSSR count). The number of hydrogen-bond acceptors (Lipinski definition) is 7. The van der Waals surface area contributed by atoms with Gasteiger partial charge < -0.3 is 15.6 Å². The zero-order valence-corrected chi connectivity index (χ0v) is 17.0. The number of nitrogens with zero attached hydrogens (tertiary/aromatic N) is 3. The predicted molar refractivity (Wildman–Crippen MR) is 109 cm³/mol. The van der Waals surface area contributed by atoms with Crippen molar-refractivity contribution < 1.29 is 5.02 Å². The molecule has 0 fully saturated rings. The van der Waals surface area contributed by atoms with Crippen LogP contribution in [0.15, 0.2) is 5.16 Å². The summed E-state index contributed by atoms with van der Waals surface area (Å²) >= 11 is 7.59. The Bertz CT molecular complexity index is 470. The minimum atomic E-state index is -0.526. The van der Waals surface area contributed by atoms with Crippen molar-refractivity contribution in [3.05, 3.63) is 5.28 Å². The van der Waals surface area contributed by atoms with Gasteiger partial charge in [-0.15, -0.1) is 0 Å². The molecule has 0 spiro atoms. The van der Waals surface area contributed by atoms with Gasteiger partial charge in [-0.1, -0.05) is 63.6 Å². The molecule has 0 aliphatic heterocycles. The fraction of sp³-hybridized carbons (Fsp3) is 0.812. The molecule has 0 bridgehead atoms. The lowest BCUT2D eigenvalue weighted by Gasteiger charge is -2.08. The van der Waals surface area contributed by atoms with E-state index in [4.69, 9.17) is 16.6 Å². The van der Waals surface area contributed by atoms with Crippen molar-refractivity contribution in [3.8, 4) is 0 Å². The van der Waals surface area contributed by atoms with E-state index in [0.717, 1.165) is 5.75 Å². The Labute approximate surface area is 161 Å². The number of nitrogens with one attached hydrogen (secondary N) is 2. The Morgan fingerprint density at radius 3 is 2.36 bits per heavy atom. The highest BCUT2D eigenvalue weighted by atomic mass is 35.5. The van der Waals surface area contributed by atoms with E-state index in [2.05, 4.69) is 32.4 Å². The summed E-state index contributed by atoms with van der Waals surface area (Å²) in [7, 11) is -0.526. The number of hydrogen-bond donors (Lipinski definition) is 3. The molecule has 0 saturated heterocycles. The summed E-state index contributed by atoms with van der Waals surface area (Å²) in [6, 6.07) is 0. The van der Waals surface area contributed by atoms with E-state index in [9.17, 15) is 0 Å². The van der Waals surface area contributed by atoms with Gasteiger partial charge in [0.2, 0.25) is 11.2 Å². The van der Waals surface area contributed by atoms with Gasteiger partial charge in [0, 0.05) is 18.8 Å². The number of halogens is 1. The molecule has 0 atom stereocenters. The Balaban J connectivity index is 2.18. The van der Waals surface area contributed by atoms with Crippen LogP contribution in [0, 0.1) is 0 Å². The third-order valence-electron chi connectivity index (χ3n) is 3.66. The molecule has 1 aromatic rings. The second-order valence-electron chi connectivity index (χ2n) is 6.09.